The SMILES string of the molecule is Cc1nn(C)c2c(N3CCC[C@H](C(=O)NC4CCCCC4)C3)nccc12. The van der Waals surface area contributed by atoms with Gasteiger partial charge in [0.2, 0.25) is 5.91 Å². The minimum Gasteiger partial charge on any atom is -0.354 e. The van der Waals surface area contributed by atoms with Crippen LogP contribution in [-0.4, -0.2) is 39.8 Å². The first-order valence-electron chi connectivity index (χ1n) is 9.97. The molecule has 6 heteroatoms. The summed E-state index contributed by atoms with van der Waals surface area (Å²) in [4.78, 5) is 19.7. The van der Waals surface area contributed by atoms with E-state index in [9.17, 15) is 4.79 Å². The van der Waals surface area contributed by atoms with Crippen molar-refractivity contribution in [2.24, 2.45) is 13.0 Å². The minimum absolute atomic E-state index is 0.0528. The zero-order valence-corrected chi connectivity index (χ0v) is 15.9. The van der Waals surface area contributed by atoms with Gasteiger partial charge in [0.15, 0.2) is 5.82 Å². The van der Waals surface area contributed by atoms with Gasteiger partial charge in [0, 0.05) is 37.8 Å². The number of hydrogen-bond donors (Lipinski definition) is 1. The number of fused-ring (bicyclic) bond motifs is 1. The fourth-order valence-corrected chi connectivity index (χ4v) is 4.56. The molecular weight excluding hydrogens is 326 g/mol. The molecule has 4 rings (SSSR count). The van der Waals surface area contributed by atoms with Crippen molar-refractivity contribution in [1.29, 1.82) is 0 Å². The average molecular weight is 355 g/mol. The predicted octanol–water partition coefficient (Wildman–Crippen LogP) is 2.94. The van der Waals surface area contributed by atoms with Crippen molar-refractivity contribution in [3.63, 3.8) is 0 Å². The molecule has 2 aromatic heterocycles. The van der Waals surface area contributed by atoms with Crippen LogP contribution in [-0.2, 0) is 11.8 Å². The number of pyridine rings is 1. The standard InChI is InChI=1S/C20H29N5O/c1-14-17-10-11-21-19(18(17)24(2)23-14)25-12-6-7-15(13-25)20(26)22-16-8-4-3-5-9-16/h10-11,15-16H,3-9,12-13H2,1-2H3,(H,22,26)/t15-/m0/s1. The quantitative estimate of drug-likeness (QED) is 0.919. The Morgan fingerprint density at radius 2 is 2.00 bits per heavy atom. The molecule has 1 amide bonds. The van der Waals surface area contributed by atoms with E-state index in [1.165, 1.54) is 19.3 Å². The van der Waals surface area contributed by atoms with Crippen LogP contribution in [0.5, 0.6) is 0 Å². The highest BCUT2D eigenvalue weighted by atomic mass is 16.2. The van der Waals surface area contributed by atoms with Gasteiger partial charge in [-0.2, -0.15) is 5.10 Å². The maximum atomic E-state index is 12.8. The molecule has 1 N–H and O–H groups in total. The molecule has 1 atom stereocenters. The van der Waals surface area contributed by atoms with E-state index < -0.39 is 0 Å². The summed E-state index contributed by atoms with van der Waals surface area (Å²) in [5, 5.41) is 9.00. The van der Waals surface area contributed by atoms with Crippen LogP contribution in [0.15, 0.2) is 12.3 Å². The molecule has 6 nitrogen and oxygen atoms in total. The Morgan fingerprint density at radius 1 is 1.19 bits per heavy atom. The highest BCUT2D eigenvalue weighted by molar-refractivity contribution is 5.91. The van der Waals surface area contributed by atoms with Crippen LogP contribution in [0.4, 0.5) is 5.82 Å². The maximum Gasteiger partial charge on any atom is 0.225 e. The highest BCUT2D eigenvalue weighted by Crippen LogP contribution is 2.30. The molecule has 1 saturated heterocycles. The van der Waals surface area contributed by atoms with Crippen LogP contribution < -0.4 is 10.2 Å². The molecule has 3 heterocycles. The number of hydrogen-bond acceptors (Lipinski definition) is 4. The number of piperidine rings is 1. The lowest BCUT2D eigenvalue weighted by atomic mass is 9.93. The van der Waals surface area contributed by atoms with Crippen molar-refractivity contribution in [2.75, 3.05) is 18.0 Å². The Bertz CT molecular complexity index is 793. The number of carbonyl (C=O) groups is 1. The van der Waals surface area contributed by atoms with E-state index >= 15 is 0 Å². The van der Waals surface area contributed by atoms with E-state index in [0.29, 0.717) is 6.04 Å². The average Bonchev–Trinajstić information content (AvgIpc) is 2.97. The number of nitrogens with one attached hydrogen (secondary N) is 1. The van der Waals surface area contributed by atoms with Gasteiger partial charge in [0.1, 0.15) is 5.52 Å². The summed E-state index contributed by atoms with van der Waals surface area (Å²) in [5.74, 6) is 1.24. The van der Waals surface area contributed by atoms with Gasteiger partial charge in [-0.1, -0.05) is 19.3 Å². The molecular formula is C20H29N5O. The molecule has 1 aliphatic heterocycles. The maximum absolute atomic E-state index is 12.8. The summed E-state index contributed by atoms with van der Waals surface area (Å²) in [6, 6.07) is 2.41. The van der Waals surface area contributed by atoms with E-state index in [0.717, 1.165) is 61.2 Å². The predicted molar refractivity (Wildman–Crippen MR) is 103 cm³/mol. The van der Waals surface area contributed by atoms with Gasteiger partial charge in [-0.05, 0) is 38.7 Å². The van der Waals surface area contributed by atoms with E-state index in [-0.39, 0.29) is 11.8 Å². The van der Waals surface area contributed by atoms with Crippen molar-refractivity contribution in [1.82, 2.24) is 20.1 Å². The van der Waals surface area contributed by atoms with E-state index in [1.54, 1.807) is 0 Å². The van der Waals surface area contributed by atoms with Crippen molar-refractivity contribution in [2.45, 2.75) is 57.9 Å². The molecule has 1 aliphatic carbocycles. The zero-order chi connectivity index (χ0) is 18.1. The Balaban J connectivity index is 1.51. The third-order valence-electron chi connectivity index (χ3n) is 5.96. The molecule has 0 aromatic carbocycles. The van der Waals surface area contributed by atoms with E-state index in [2.05, 4.69) is 20.3 Å². The molecule has 0 bridgehead atoms. The highest BCUT2D eigenvalue weighted by Gasteiger charge is 2.29. The summed E-state index contributed by atoms with van der Waals surface area (Å²) >= 11 is 0. The van der Waals surface area contributed by atoms with Gasteiger partial charge >= 0.3 is 0 Å². The summed E-state index contributed by atoms with van der Waals surface area (Å²) in [5.41, 5.74) is 2.09. The molecule has 2 aliphatic rings. The van der Waals surface area contributed by atoms with Gasteiger partial charge in [-0.15, -0.1) is 0 Å². The third-order valence-corrected chi connectivity index (χ3v) is 5.96. The molecule has 1 saturated carbocycles. The number of rotatable bonds is 3. The number of nitrogens with zero attached hydrogens (tertiary/aromatic N) is 4. The van der Waals surface area contributed by atoms with Crippen LogP contribution >= 0.6 is 0 Å². The Labute approximate surface area is 155 Å². The zero-order valence-electron chi connectivity index (χ0n) is 15.9. The lowest BCUT2D eigenvalue weighted by Crippen LogP contribution is -2.46. The van der Waals surface area contributed by atoms with Gasteiger partial charge in [-0.3, -0.25) is 9.48 Å². The number of aromatic nitrogens is 3. The van der Waals surface area contributed by atoms with Crippen LogP contribution in [0.3, 0.4) is 0 Å². The largest absolute Gasteiger partial charge is 0.354 e. The summed E-state index contributed by atoms with van der Waals surface area (Å²) in [6.45, 7) is 3.72. The first kappa shape index (κ1) is 17.3. The Kier molecular flexibility index (Phi) is 4.83. The number of amides is 1. The van der Waals surface area contributed by atoms with Crippen molar-refractivity contribution < 1.29 is 4.79 Å². The fraction of sp³-hybridized carbons (Fsp3) is 0.650. The number of anilines is 1. The topological polar surface area (TPSA) is 63.1 Å². The molecule has 2 fully saturated rings. The second-order valence-electron chi connectivity index (χ2n) is 7.87. The Morgan fingerprint density at radius 3 is 2.81 bits per heavy atom. The summed E-state index contributed by atoms with van der Waals surface area (Å²) < 4.78 is 1.92. The third kappa shape index (κ3) is 3.29. The normalized spacial score (nSPS) is 21.9. The molecule has 2 aromatic rings. The van der Waals surface area contributed by atoms with Crippen LogP contribution in [0.25, 0.3) is 10.9 Å². The second-order valence-corrected chi connectivity index (χ2v) is 7.87. The smallest absolute Gasteiger partial charge is 0.225 e. The van der Waals surface area contributed by atoms with Crippen molar-refractivity contribution in [3.8, 4) is 0 Å². The van der Waals surface area contributed by atoms with Gasteiger partial charge in [0.25, 0.3) is 0 Å². The lowest BCUT2D eigenvalue weighted by Gasteiger charge is -2.34. The second kappa shape index (κ2) is 7.25. The molecule has 0 radical (unpaired) electrons. The lowest BCUT2D eigenvalue weighted by molar-refractivity contribution is -0.126. The number of aryl methyl sites for hydroxylation is 2. The summed E-state index contributed by atoms with van der Waals surface area (Å²) in [7, 11) is 1.97. The van der Waals surface area contributed by atoms with E-state index in [1.807, 2.05) is 30.9 Å². The molecule has 140 valence electrons. The van der Waals surface area contributed by atoms with Crippen LogP contribution in [0, 0.1) is 12.8 Å². The summed E-state index contributed by atoms with van der Waals surface area (Å²) in [6.07, 6.45) is 9.92. The van der Waals surface area contributed by atoms with Crippen molar-refractivity contribution in [3.05, 3.63) is 18.0 Å². The van der Waals surface area contributed by atoms with Crippen LogP contribution in [0.1, 0.15) is 50.6 Å². The molecule has 26 heavy (non-hydrogen) atoms. The Hall–Kier alpha value is -2.11. The number of carbonyl (C=O) groups excluding carboxylic acids is 1. The van der Waals surface area contributed by atoms with Crippen LogP contribution in [0.2, 0.25) is 0 Å². The van der Waals surface area contributed by atoms with Crippen molar-refractivity contribution >= 4 is 22.6 Å². The fourth-order valence-electron chi connectivity index (χ4n) is 4.56. The van der Waals surface area contributed by atoms with E-state index in [4.69, 9.17) is 0 Å². The molecule has 0 spiro atoms. The first-order valence-corrected chi connectivity index (χ1v) is 9.97. The molecule has 0 unspecified atom stereocenters. The first-order chi connectivity index (χ1) is 12.6. The monoisotopic (exact) mass is 355 g/mol. The minimum atomic E-state index is 0.0528. The van der Waals surface area contributed by atoms with Gasteiger partial charge < -0.3 is 10.2 Å². The van der Waals surface area contributed by atoms with Gasteiger partial charge in [0.05, 0.1) is 11.6 Å². The van der Waals surface area contributed by atoms with Gasteiger partial charge in [-0.25, -0.2) is 4.98 Å².